The predicted molar refractivity (Wildman–Crippen MR) is 109 cm³/mol. The van der Waals surface area contributed by atoms with Crippen molar-refractivity contribution in [2.45, 2.75) is 44.2 Å². The van der Waals surface area contributed by atoms with Crippen molar-refractivity contribution in [3.05, 3.63) is 65.0 Å². The smallest absolute Gasteiger partial charge is 0.252 e. The van der Waals surface area contributed by atoms with E-state index in [-0.39, 0.29) is 24.3 Å². The van der Waals surface area contributed by atoms with E-state index in [9.17, 15) is 9.18 Å². The Hall–Kier alpha value is -2.91. The lowest BCUT2D eigenvalue weighted by Crippen LogP contribution is -2.29. The first-order valence-corrected chi connectivity index (χ1v) is 9.86. The number of carbonyl (C=O) groups is 1. The highest BCUT2D eigenvalue weighted by molar-refractivity contribution is 5.94. The van der Waals surface area contributed by atoms with Gasteiger partial charge in [-0.3, -0.25) is 4.79 Å². The molecule has 0 radical (unpaired) electrons. The van der Waals surface area contributed by atoms with Crippen LogP contribution in [0.15, 0.2) is 42.5 Å². The molecule has 0 spiro atoms. The molecule has 3 rings (SSSR count). The van der Waals surface area contributed by atoms with Gasteiger partial charge in [-0.2, -0.15) is 5.26 Å². The molecular weight excluding hydrogens is 369 g/mol. The summed E-state index contributed by atoms with van der Waals surface area (Å²) in [6.07, 6.45) is 3.14. The van der Waals surface area contributed by atoms with Crippen molar-refractivity contribution >= 4 is 5.91 Å². The minimum Gasteiger partial charge on any atom is -0.496 e. The molecule has 1 saturated carbocycles. The Balaban J connectivity index is 1.59. The van der Waals surface area contributed by atoms with E-state index in [0.717, 1.165) is 24.8 Å². The SMILES string of the molecule is COc1cc(F)ccc1[C@@H](C)N[C@H]1CCC(c2ccc(C(=O)NCC#N)cc2)C1. The van der Waals surface area contributed by atoms with Gasteiger partial charge >= 0.3 is 0 Å². The second-order valence-electron chi connectivity index (χ2n) is 7.44. The first kappa shape index (κ1) is 20.8. The van der Waals surface area contributed by atoms with E-state index in [4.69, 9.17) is 10.00 Å². The molecule has 29 heavy (non-hydrogen) atoms. The maximum Gasteiger partial charge on any atom is 0.252 e. The summed E-state index contributed by atoms with van der Waals surface area (Å²) in [6, 6.07) is 14.6. The third kappa shape index (κ3) is 5.12. The number of rotatable bonds is 7. The topological polar surface area (TPSA) is 74.2 Å². The van der Waals surface area contributed by atoms with Crippen molar-refractivity contribution in [3.8, 4) is 11.8 Å². The molecule has 1 aliphatic carbocycles. The fourth-order valence-corrected chi connectivity index (χ4v) is 4.05. The molecule has 2 aromatic carbocycles. The highest BCUT2D eigenvalue weighted by Gasteiger charge is 2.27. The van der Waals surface area contributed by atoms with Gasteiger partial charge in [0.1, 0.15) is 18.1 Å². The minimum atomic E-state index is -0.302. The van der Waals surface area contributed by atoms with Crippen LogP contribution in [0, 0.1) is 17.1 Å². The minimum absolute atomic E-state index is 0.00752. The van der Waals surface area contributed by atoms with Crippen molar-refractivity contribution in [1.29, 1.82) is 5.26 Å². The Morgan fingerprint density at radius 2 is 2.03 bits per heavy atom. The van der Waals surface area contributed by atoms with Crippen LogP contribution in [0.3, 0.4) is 0 Å². The van der Waals surface area contributed by atoms with E-state index < -0.39 is 0 Å². The maximum atomic E-state index is 13.4. The number of halogens is 1. The van der Waals surface area contributed by atoms with Crippen molar-refractivity contribution in [1.82, 2.24) is 10.6 Å². The maximum absolute atomic E-state index is 13.4. The third-order valence-corrected chi connectivity index (χ3v) is 5.55. The molecule has 1 aliphatic rings. The van der Waals surface area contributed by atoms with Gasteiger partial charge in [-0.15, -0.1) is 0 Å². The molecular formula is C23H26FN3O2. The highest BCUT2D eigenvalue weighted by Crippen LogP contribution is 2.36. The summed E-state index contributed by atoms with van der Waals surface area (Å²) in [5.74, 6) is 0.463. The van der Waals surface area contributed by atoms with Gasteiger partial charge < -0.3 is 15.4 Å². The number of amides is 1. The second kappa shape index (κ2) is 9.53. The first-order valence-electron chi connectivity index (χ1n) is 9.86. The van der Waals surface area contributed by atoms with Gasteiger partial charge in [0.25, 0.3) is 5.91 Å². The number of nitriles is 1. The van der Waals surface area contributed by atoms with Crippen molar-refractivity contribution in [2.75, 3.05) is 13.7 Å². The number of nitrogens with zero attached hydrogens (tertiary/aromatic N) is 1. The fourth-order valence-electron chi connectivity index (χ4n) is 4.05. The van der Waals surface area contributed by atoms with Gasteiger partial charge in [0, 0.05) is 29.3 Å². The molecule has 3 atom stereocenters. The fraction of sp³-hybridized carbons (Fsp3) is 0.391. The summed E-state index contributed by atoms with van der Waals surface area (Å²) in [6.45, 7) is 2.07. The Morgan fingerprint density at radius 1 is 1.28 bits per heavy atom. The summed E-state index contributed by atoms with van der Waals surface area (Å²) >= 11 is 0. The third-order valence-electron chi connectivity index (χ3n) is 5.55. The second-order valence-corrected chi connectivity index (χ2v) is 7.44. The van der Waals surface area contributed by atoms with E-state index in [1.54, 1.807) is 13.2 Å². The number of ether oxygens (including phenoxy) is 1. The lowest BCUT2D eigenvalue weighted by molar-refractivity contribution is 0.0958. The Bertz CT molecular complexity index is 892. The molecule has 6 heteroatoms. The van der Waals surface area contributed by atoms with Crippen LogP contribution in [0.1, 0.15) is 59.6 Å². The molecule has 0 aromatic heterocycles. The van der Waals surface area contributed by atoms with Crippen LogP contribution in [0.5, 0.6) is 5.75 Å². The zero-order valence-corrected chi connectivity index (χ0v) is 16.7. The van der Waals surface area contributed by atoms with Crippen molar-refractivity contribution in [2.24, 2.45) is 0 Å². The van der Waals surface area contributed by atoms with E-state index >= 15 is 0 Å². The van der Waals surface area contributed by atoms with Crippen LogP contribution >= 0.6 is 0 Å². The Labute approximate surface area is 170 Å². The first-order chi connectivity index (χ1) is 14.0. The number of carbonyl (C=O) groups excluding carboxylic acids is 1. The number of nitrogens with one attached hydrogen (secondary N) is 2. The van der Waals surface area contributed by atoms with Gasteiger partial charge in [0.15, 0.2) is 0 Å². The van der Waals surface area contributed by atoms with E-state index in [1.807, 2.05) is 30.3 Å². The molecule has 5 nitrogen and oxygen atoms in total. The lowest BCUT2D eigenvalue weighted by Gasteiger charge is -2.22. The van der Waals surface area contributed by atoms with E-state index in [0.29, 0.717) is 23.3 Å². The van der Waals surface area contributed by atoms with Gasteiger partial charge in [-0.1, -0.05) is 18.2 Å². The van der Waals surface area contributed by atoms with Crippen molar-refractivity contribution < 1.29 is 13.9 Å². The zero-order chi connectivity index (χ0) is 20.8. The number of hydrogen-bond donors (Lipinski definition) is 2. The number of hydrogen-bond acceptors (Lipinski definition) is 4. The molecule has 1 unspecified atom stereocenters. The molecule has 1 fully saturated rings. The highest BCUT2D eigenvalue weighted by atomic mass is 19.1. The average molecular weight is 395 g/mol. The molecule has 2 aromatic rings. The molecule has 0 saturated heterocycles. The zero-order valence-electron chi connectivity index (χ0n) is 16.7. The monoisotopic (exact) mass is 395 g/mol. The summed E-state index contributed by atoms with van der Waals surface area (Å²) in [5, 5.41) is 14.8. The van der Waals surface area contributed by atoms with Gasteiger partial charge in [0.2, 0.25) is 0 Å². The number of benzene rings is 2. The summed E-state index contributed by atoms with van der Waals surface area (Å²) in [4.78, 5) is 11.9. The predicted octanol–water partition coefficient (Wildman–Crippen LogP) is 4.07. The molecule has 0 bridgehead atoms. The Morgan fingerprint density at radius 3 is 2.72 bits per heavy atom. The molecule has 0 heterocycles. The lowest BCUT2D eigenvalue weighted by atomic mass is 9.96. The van der Waals surface area contributed by atoms with Crippen LogP contribution in [-0.4, -0.2) is 25.6 Å². The van der Waals surface area contributed by atoms with Gasteiger partial charge in [-0.05, 0) is 55.9 Å². The standard InChI is InChI=1S/C23H26FN3O2/c1-15(21-10-8-19(24)14-22(21)29-2)27-20-9-7-18(13-20)16-3-5-17(6-4-16)23(28)26-12-11-25/h3-6,8,10,14-15,18,20,27H,7,9,12-13H2,1-2H3,(H,26,28)/t15-,18?,20+/m1/s1. The summed E-state index contributed by atoms with van der Waals surface area (Å²) in [5.41, 5.74) is 2.73. The normalized spacial score (nSPS) is 19.4. The molecule has 0 aliphatic heterocycles. The largest absolute Gasteiger partial charge is 0.496 e. The summed E-state index contributed by atoms with van der Waals surface area (Å²) < 4.78 is 18.8. The van der Waals surface area contributed by atoms with Crippen LogP contribution in [0.25, 0.3) is 0 Å². The van der Waals surface area contributed by atoms with Crippen LogP contribution in [0.2, 0.25) is 0 Å². The van der Waals surface area contributed by atoms with E-state index in [1.165, 1.54) is 17.7 Å². The van der Waals surface area contributed by atoms with Crippen LogP contribution in [-0.2, 0) is 0 Å². The van der Waals surface area contributed by atoms with Crippen molar-refractivity contribution in [3.63, 3.8) is 0 Å². The quantitative estimate of drug-likeness (QED) is 0.693. The molecule has 152 valence electrons. The average Bonchev–Trinajstić information content (AvgIpc) is 3.20. The Kier molecular flexibility index (Phi) is 6.84. The van der Waals surface area contributed by atoms with Gasteiger partial charge in [0.05, 0.1) is 13.2 Å². The number of methoxy groups -OCH3 is 1. The van der Waals surface area contributed by atoms with E-state index in [2.05, 4.69) is 17.6 Å². The van der Waals surface area contributed by atoms with Crippen LogP contribution < -0.4 is 15.4 Å². The molecule has 2 N–H and O–H groups in total. The molecule has 1 amide bonds. The van der Waals surface area contributed by atoms with Gasteiger partial charge in [-0.25, -0.2) is 4.39 Å². The van der Waals surface area contributed by atoms with Crippen LogP contribution in [0.4, 0.5) is 4.39 Å². The summed E-state index contributed by atoms with van der Waals surface area (Å²) in [7, 11) is 1.56.